The Morgan fingerprint density at radius 3 is 2.56 bits per heavy atom. The third kappa shape index (κ3) is 4.99. The highest BCUT2D eigenvalue weighted by molar-refractivity contribution is 5.67. The molecule has 1 aliphatic rings. The van der Waals surface area contributed by atoms with E-state index in [0.717, 1.165) is 44.0 Å². The molecular formula is C22H29N5. The fourth-order valence-electron chi connectivity index (χ4n) is 3.62. The Hall–Kier alpha value is -2.58. The molecule has 3 rings (SSSR count). The van der Waals surface area contributed by atoms with Gasteiger partial charge in [0, 0.05) is 38.9 Å². The van der Waals surface area contributed by atoms with E-state index < -0.39 is 5.54 Å². The molecule has 0 bridgehead atoms. The molecular weight excluding hydrogens is 334 g/mol. The molecule has 0 aliphatic carbocycles. The Morgan fingerprint density at radius 1 is 1.19 bits per heavy atom. The van der Waals surface area contributed by atoms with Gasteiger partial charge in [0.15, 0.2) is 5.82 Å². The number of anilines is 2. The first-order chi connectivity index (χ1) is 13.0. The van der Waals surface area contributed by atoms with E-state index in [-0.39, 0.29) is 0 Å². The number of hydrogen-bond donors (Lipinski definition) is 1. The van der Waals surface area contributed by atoms with Gasteiger partial charge in [0.1, 0.15) is 5.54 Å². The zero-order valence-corrected chi connectivity index (χ0v) is 16.5. The molecule has 5 nitrogen and oxygen atoms in total. The van der Waals surface area contributed by atoms with Gasteiger partial charge in [0.25, 0.3) is 0 Å². The second-order valence-electron chi connectivity index (χ2n) is 7.84. The lowest BCUT2D eigenvalue weighted by molar-refractivity contribution is 0.203. The topological polar surface area (TPSA) is 55.2 Å². The highest BCUT2D eigenvalue weighted by Gasteiger charge is 2.26. The van der Waals surface area contributed by atoms with E-state index in [0.29, 0.717) is 6.04 Å². The van der Waals surface area contributed by atoms with Gasteiger partial charge in [0.2, 0.25) is 0 Å². The molecule has 0 amide bonds. The second kappa shape index (κ2) is 8.41. The summed E-state index contributed by atoms with van der Waals surface area (Å²) in [6.45, 7) is 6.95. The summed E-state index contributed by atoms with van der Waals surface area (Å²) in [7, 11) is 2.12. The number of nitriles is 1. The normalized spacial score (nSPS) is 15.9. The maximum absolute atomic E-state index is 9.33. The molecule has 2 heterocycles. The van der Waals surface area contributed by atoms with Crippen molar-refractivity contribution >= 4 is 11.5 Å². The Labute approximate surface area is 162 Å². The minimum Gasteiger partial charge on any atom is -0.365 e. The monoisotopic (exact) mass is 363 g/mol. The molecule has 1 N–H and O–H groups in total. The summed E-state index contributed by atoms with van der Waals surface area (Å²) in [6, 6.07) is 17.3. The zero-order chi connectivity index (χ0) is 19.3. The molecule has 0 radical (unpaired) electrons. The molecule has 1 aromatic carbocycles. The van der Waals surface area contributed by atoms with Crippen molar-refractivity contribution in [2.75, 3.05) is 30.4 Å². The SMILES string of the molecule is CN(c1ncccc1NC(C)(C)C#N)C1CCN(Cc2ccccc2)CC1. The standard InChI is InChI=1S/C22H29N5/c1-22(2,17-23)25-20-10-7-13-24-21(20)26(3)19-11-14-27(15-12-19)16-18-8-5-4-6-9-18/h4-10,13,19,25H,11-12,14-16H2,1-3H3. The predicted molar refractivity (Wildman–Crippen MR) is 111 cm³/mol. The number of nitrogens with zero attached hydrogens (tertiary/aromatic N) is 4. The van der Waals surface area contributed by atoms with E-state index in [2.05, 4.69) is 63.5 Å². The third-order valence-corrected chi connectivity index (χ3v) is 5.20. The van der Waals surface area contributed by atoms with Crippen LogP contribution in [0.25, 0.3) is 0 Å². The Morgan fingerprint density at radius 2 is 1.89 bits per heavy atom. The molecule has 27 heavy (non-hydrogen) atoms. The van der Waals surface area contributed by atoms with E-state index in [1.165, 1.54) is 5.56 Å². The van der Waals surface area contributed by atoms with Crippen LogP contribution in [0, 0.1) is 11.3 Å². The number of rotatable bonds is 6. The number of pyridine rings is 1. The van der Waals surface area contributed by atoms with Gasteiger partial charge in [-0.25, -0.2) is 4.98 Å². The maximum atomic E-state index is 9.33. The van der Waals surface area contributed by atoms with Gasteiger partial charge in [-0.2, -0.15) is 5.26 Å². The van der Waals surface area contributed by atoms with Crippen molar-refractivity contribution in [2.24, 2.45) is 0 Å². The lowest BCUT2D eigenvalue weighted by Crippen LogP contribution is -2.43. The van der Waals surface area contributed by atoms with E-state index in [1.54, 1.807) is 0 Å². The molecule has 0 atom stereocenters. The summed E-state index contributed by atoms with van der Waals surface area (Å²) in [4.78, 5) is 9.40. The summed E-state index contributed by atoms with van der Waals surface area (Å²) < 4.78 is 0. The molecule has 1 saturated heterocycles. The Bertz CT molecular complexity index is 773. The van der Waals surface area contributed by atoms with Crippen LogP contribution in [0.2, 0.25) is 0 Å². The number of hydrogen-bond acceptors (Lipinski definition) is 5. The molecule has 0 unspecified atom stereocenters. The van der Waals surface area contributed by atoms with Crippen LogP contribution in [0.15, 0.2) is 48.7 Å². The first-order valence-electron chi connectivity index (χ1n) is 9.62. The number of piperidine rings is 1. The van der Waals surface area contributed by atoms with Gasteiger partial charge in [-0.1, -0.05) is 30.3 Å². The van der Waals surface area contributed by atoms with Gasteiger partial charge in [-0.05, 0) is 44.4 Å². The highest BCUT2D eigenvalue weighted by Crippen LogP contribution is 2.29. The van der Waals surface area contributed by atoms with Gasteiger partial charge < -0.3 is 10.2 Å². The van der Waals surface area contributed by atoms with Crippen LogP contribution in [0.3, 0.4) is 0 Å². The van der Waals surface area contributed by atoms with Crippen molar-refractivity contribution in [2.45, 2.75) is 44.8 Å². The first kappa shape index (κ1) is 19.2. The van der Waals surface area contributed by atoms with Crippen molar-refractivity contribution in [3.63, 3.8) is 0 Å². The van der Waals surface area contributed by atoms with E-state index in [1.807, 2.05) is 32.2 Å². The lowest BCUT2D eigenvalue weighted by Gasteiger charge is -2.38. The zero-order valence-electron chi connectivity index (χ0n) is 16.5. The highest BCUT2D eigenvalue weighted by atomic mass is 15.2. The van der Waals surface area contributed by atoms with Gasteiger partial charge in [-0.15, -0.1) is 0 Å². The van der Waals surface area contributed by atoms with Gasteiger partial charge >= 0.3 is 0 Å². The largest absolute Gasteiger partial charge is 0.365 e. The Balaban J connectivity index is 1.63. The van der Waals surface area contributed by atoms with E-state index >= 15 is 0 Å². The second-order valence-corrected chi connectivity index (χ2v) is 7.84. The average molecular weight is 364 g/mol. The predicted octanol–water partition coefficient (Wildman–Crippen LogP) is 3.90. The molecule has 1 fully saturated rings. The minimum atomic E-state index is -0.627. The molecule has 0 spiro atoms. The summed E-state index contributed by atoms with van der Waals surface area (Å²) in [5, 5.41) is 12.7. The van der Waals surface area contributed by atoms with Crippen LogP contribution in [-0.4, -0.2) is 41.6 Å². The van der Waals surface area contributed by atoms with Crippen LogP contribution in [0.1, 0.15) is 32.3 Å². The summed E-state index contributed by atoms with van der Waals surface area (Å²) in [5.41, 5.74) is 1.66. The van der Waals surface area contributed by atoms with Gasteiger partial charge in [0.05, 0.1) is 11.8 Å². The number of nitrogens with one attached hydrogen (secondary N) is 1. The first-order valence-corrected chi connectivity index (χ1v) is 9.62. The fraction of sp³-hybridized carbons (Fsp3) is 0.455. The van der Waals surface area contributed by atoms with Gasteiger partial charge in [-0.3, -0.25) is 4.90 Å². The van der Waals surface area contributed by atoms with Crippen LogP contribution in [0.4, 0.5) is 11.5 Å². The quantitative estimate of drug-likeness (QED) is 0.844. The van der Waals surface area contributed by atoms with Crippen LogP contribution < -0.4 is 10.2 Å². The number of likely N-dealkylation sites (tertiary alicyclic amines) is 1. The average Bonchev–Trinajstić information content (AvgIpc) is 2.69. The minimum absolute atomic E-state index is 0.456. The van der Waals surface area contributed by atoms with Crippen molar-refractivity contribution in [3.05, 3.63) is 54.2 Å². The molecule has 2 aromatic rings. The fourth-order valence-corrected chi connectivity index (χ4v) is 3.62. The van der Waals surface area contributed by atoms with Crippen molar-refractivity contribution in [1.29, 1.82) is 5.26 Å². The van der Waals surface area contributed by atoms with E-state index in [9.17, 15) is 5.26 Å². The smallest absolute Gasteiger partial charge is 0.151 e. The summed E-state index contributed by atoms with van der Waals surface area (Å²) in [5.74, 6) is 0.919. The van der Waals surface area contributed by atoms with Crippen LogP contribution in [0.5, 0.6) is 0 Å². The Kier molecular flexibility index (Phi) is 5.98. The van der Waals surface area contributed by atoms with Crippen molar-refractivity contribution in [1.82, 2.24) is 9.88 Å². The lowest BCUT2D eigenvalue weighted by atomic mass is 10.0. The number of aromatic nitrogens is 1. The maximum Gasteiger partial charge on any atom is 0.151 e. The molecule has 1 aliphatic heterocycles. The third-order valence-electron chi connectivity index (χ3n) is 5.20. The molecule has 1 aromatic heterocycles. The summed E-state index contributed by atoms with van der Waals surface area (Å²) in [6.07, 6.45) is 4.04. The van der Waals surface area contributed by atoms with Crippen molar-refractivity contribution < 1.29 is 0 Å². The molecule has 142 valence electrons. The van der Waals surface area contributed by atoms with Crippen molar-refractivity contribution in [3.8, 4) is 6.07 Å². The van der Waals surface area contributed by atoms with Crippen LogP contribution >= 0.6 is 0 Å². The van der Waals surface area contributed by atoms with Crippen LogP contribution in [-0.2, 0) is 6.54 Å². The number of benzene rings is 1. The molecule has 5 heteroatoms. The van der Waals surface area contributed by atoms with E-state index in [4.69, 9.17) is 0 Å². The molecule has 0 saturated carbocycles. The summed E-state index contributed by atoms with van der Waals surface area (Å²) >= 11 is 0.